The van der Waals surface area contributed by atoms with Gasteiger partial charge in [-0.15, -0.1) is 0 Å². The van der Waals surface area contributed by atoms with Crippen LogP contribution in [0.1, 0.15) is 20.3 Å². The van der Waals surface area contributed by atoms with Crippen LogP contribution in [0.5, 0.6) is 5.88 Å². The summed E-state index contributed by atoms with van der Waals surface area (Å²) in [5, 5.41) is 8.96. The molecule has 7 heteroatoms. The van der Waals surface area contributed by atoms with Crippen molar-refractivity contribution in [1.29, 1.82) is 0 Å². The first-order chi connectivity index (χ1) is 9.56. The predicted molar refractivity (Wildman–Crippen MR) is 72.0 cm³/mol. The molecular formula is C13H19N3O4. The number of anilines is 1. The van der Waals surface area contributed by atoms with Crippen molar-refractivity contribution < 1.29 is 19.4 Å². The molecule has 1 aliphatic heterocycles. The van der Waals surface area contributed by atoms with Gasteiger partial charge in [-0.05, 0) is 13.8 Å². The molecule has 1 N–H and O–H groups in total. The Morgan fingerprint density at radius 1 is 1.60 bits per heavy atom. The summed E-state index contributed by atoms with van der Waals surface area (Å²) in [4.78, 5) is 21.3. The van der Waals surface area contributed by atoms with E-state index >= 15 is 0 Å². The monoisotopic (exact) mass is 281 g/mol. The molecule has 1 saturated heterocycles. The van der Waals surface area contributed by atoms with Gasteiger partial charge in [0.2, 0.25) is 5.88 Å². The molecule has 1 unspecified atom stereocenters. The van der Waals surface area contributed by atoms with Crippen molar-refractivity contribution in [2.45, 2.75) is 32.4 Å². The van der Waals surface area contributed by atoms with Crippen LogP contribution in [0.15, 0.2) is 12.4 Å². The van der Waals surface area contributed by atoms with Gasteiger partial charge in [-0.2, -0.15) is 4.98 Å². The van der Waals surface area contributed by atoms with E-state index in [1.165, 1.54) is 0 Å². The summed E-state index contributed by atoms with van der Waals surface area (Å²) < 4.78 is 10.9. The van der Waals surface area contributed by atoms with Crippen LogP contribution in [-0.2, 0) is 9.53 Å². The number of carboxylic acids is 1. The van der Waals surface area contributed by atoms with Crippen LogP contribution in [0.2, 0.25) is 0 Å². The van der Waals surface area contributed by atoms with E-state index in [9.17, 15) is 4.79 Å². The summed E-state index contributed by atoms with van der Waals surface area (Å²) in [7, 11) is 0. The first-order valence-electron chi connectivity index (χ1n) is 6.61. The van der Waals surface area contributed by atoms with Gasteiger partial charge in [-0.3, -0.25) is 9.78 Å². The normalized spacial score (nSPS) is 19.1. The molecule has 1 aromatic heterocycles. The number of carboxylic acid groups (broad SMARTS) is 1. The molecule has 0 bridgehead atoms. The molecule has 0 radical (unpaired) electrons. The second-order valence-corrected chi connectivity index (χ2v) is 4.90. The SMILES string of the molecule is CC(C)Oc1cncc(N2CCOCC2CC(=O)O)n1. The van der Waals surface area contributed by atoms with Gasteiger partial charge in [0, 0.05) is 6.54 Å². The molecule has 0 saturated carbocycles. The van der Waals surface area contributed by atoms with Gasteiger partial charge < -0.3 is 19.5 Å². The average Bonchev–Trinajstić information content (AvgIpc) is 2.38. The van der Waals surface area contributed by atoms with Crippen LogP contribution in [0.25, 0.3) is 0 Å². The molecule has 2 heterocycles. The lowest BCUT2D eigenvalue weighted by Gasteiger charge is -2.35. The molecule has 2 rings (SSSR count). The zero-order valence-corrected chi connectivity index (χ0v) is 11.7. The second kappa shape index (κ2) is 6.51. The Morgan fingerprint density at radius 3 is 3.10 bits per heavy atom. The van der Waals surface area contributed by atoms with Crippen molar-refractivity contribution >= 4 is 11.8 Å². The van der Waals surface area contributed by atoms with Crippen LogP contribution in [0.3, 0.4) is 0 Å². The highest BCUT2D eigenvalue weighted by Gasteiger charge is 2.26. The lowest BCUT2D eigenvalue weighted by Crippen LogP contribution is -2.47. The van der Waals surface area contributed by atoms with Crippen LogP contribution in [-0.4, -0.2) is 52.9 Å². The summed E-state index contributed by atoms with van der Waals surface area (Å²) in [6.45, 7) is 5.35. The molecule has 1 atom stereocenters. The number of hydrogen-bond donors (Lipinski definition) is 1. The molecule has 0 amide bonds. The molecule has 1 aromatic rings. The second-order valence-electron chi connectivity index (χ2n) is 4.90. The summed E-state index contributed by atoms with van der Waals surface area (Å²) in [5.41, 5.74) is 0. The molecule has 1 aliphatic rings. The van der Waals surface area contributed by atoms with Crippen LogP contribution in [0, 0.1) is 0 Å². The van der Waals surface area contributed by atoms with Gasteiger partial charge >= 0.3 is 5.97 Å². The van der Waals surface area contributed by atoms with E-state index < -0.39 is 5.97 Å². The third-order valence-corrected chi connectivity index (χ3v) is 2.89. The fourth-order valence-electron chi connectivity index (χ4n) is 2.10. The third kappa shape index (κ3) is 3.80. The van der Waals surface area contributed by atoms with Crippen molar-refractivity contribution in [3.05, 3.63) is 12.4 Å². The van der Waals surface area contributed by atoms with E-state index in [-0.39, 0.29) is 18.6 Å². The maximum absolute atomic E-state index is 10.9. The Hall–Kier alpha value is -1.89. The van der Waals surface area contributed by atoms with Gasteiger partial charge in [0.25, 0.3) is 0 Å². The first-order valence-corrected chi connectivity index (χ1v) is 6.61. The van der Waals surface area contributed by atoms with Gasteiger partial charge in [0.15, 0.2) is 5.82 Å². The van der Waals surface area contributed by atoms with Crippen LogP contribution < -0.4 is 9.64 Å². The van der Waals surface area contributed by atoms with E-state index in [0.717, 1.165) is 0 Å². The van der Waals surface area contributed by atoms with Crippen molar-refractivity contribution in [3.63, 3.8) is 0 Å². The number of aromatic nitrogens is 2. The highest BCUT2D eigenvalue weighted by Crippen LogP contribution is 2.21. The van der Waals surface area contributed by atoms with Gasteiger partial charge in [0.1, 0.15) is 0 Å². The maximum Gasteiger partial charge on any atom is 0.305 e. The lowest BCUT2D eigenvalue weighted by atomic mass is 10.1. The predicted octanol–water partition coefficient (Wildman–Crippen LogP) is 0.944. The van der Waals surface area contributed by atoms with Crippen molar-refractivity contribution in [3.8, 4) is 5.88 Å². The zero-order chi connectivity index (χ0) is 14.5. The highest BCUT2D eigenvalue weighted by atomic mass is 16.5. The zero-order valence-electron chi connectivity index (χ0n) is 11.7. The summed E-state index contributed by atoms with van der Waals surface area (Å²) in [5.74, 6) is 0.212. The van der Waals surface area contributed by atoms with E-state index in [4.69, 9.17) is 14.6 Å². The number of morpholine rings is 1. The Morgan fingerprint density at radius 2 is 2.40 bits per heavy atom. The van der Waals surface area contributed by atoms with E-state index in [1.54, 1.807) is 12.4 Å². The Bertz CT molecular complexity index is 467. The minimum atomic E-state index is -0.854. The Balaban J connectivity index is 2.16. The fourth-order valence-corrected chi connectivity index (χ4v) is 2.10. The highest BCUT2D eigenvalue weighted by molar-refractivity contribution is 5.68. The fraction of sp³-hybridized carbons (Fsp3) is 0.615. The lowest BCUT2D eigenvalue weighted by molar-refractivity contribution is -0.138. The topological polar surface area (TPSA) is 84.8 Å². The van der Waals surface area contributed by atoms with Gasteiger partial charge in [-0.1, -0.05) is 0 Å². The quantitative estimate of drug-likeness (QED) is 0.859. The smallest absolute Gasteiger partial charge is 0.305 e. The molecule has 7 nitrogen and oxygen atoms in total. The third-order valence-electron chi connectivity index (χ3n) is 2.89. The van der Waals surface area contributed by atoms with Crippen LogP contribution >= 0.6 is 0 Å². The van der Waals surface area contributed by atoms with E-state index in [2.05, 4.69) is 9.97 Å². The molecule has 0 spiro atoms. The first kappa shape index (κ1) is 14.5. The largest absolute Gasteiger partial charge is 0.481 e. The number of aliphatic carboxylic acids is 1. The Kier molecular flexibility index (Phi) is 4.73. The molecular weight excluding hydrogens is 262 g/mol. The molecule has 0 aromatic carbocycles. The Labute approximate surface area is 117 Å². The van der Waals surface area contributed by atoms with Crippen LogP contribution in [0.4, 0.5) is 5.82 Å². The standard InChI is InChI=1S/C13H19N3O4/c1-9(2)20-12-7-14-6-11(15-12)16-3-4-19-8-10(16)5-13(17)18/h6-7,9-10H,3-5,8H2,1-2H3,(H,17,18). The van der Waals surface area contributed by atoms with Gasteiger partial charge in [0.05, 0.1) is 44.2 Å². The number of ether oxygens (including phenoxy) is 2. The van der Waals surface area contributed by atoms with Crippen molar-refractivity contribution in [2.24, 2.45) is 0 Å². The van der Waals surface area contributed by atoms with E-state index in [1.807, 2.05) is 18.7 Å². The number of hydrogen-bond acceptors (Lipinski definition) is 6. The summed E-state index contributed by atoms with van der Waals surface area (Å²) >= 11 is 0. The molecule has 1 fully saturated rings. The number of carbonyl (C=O) groups is 1. The number of rotatable bonds is 5. The minimum absolute atomic E-state index is 0.0109. The molecule has 0 aliphatic carbocycles. The minimum Gasteiger partial charge on any atom is -0.481 e. The maximum atomic E-state index is 10.9. The number of nitrogens with zero attached hydrogens (tertiary/aromatic N) is 3. The molecule has 20 heavy (non-hydrogen) atoms. The van der Waals surface area contributed by atoms with Crippen molar-refractivity contribution in [1.82, 2.24) is 9.97 Å². The van der Waals surface area contributed by atoms with Crippen molar-refractivity contribution in [2.75, 3.05) is 24.7 Å². The molecule has 110 valence electrons. The van der Waals surface area contributed by atoms with Gasteiger partial charge in [-0.25, -0.2) is 0 Å². The average molecular weight is 281 g/mol. The van der Waals surface area contributed by atoms with E-state index in [0.29, 0.717) is 31.5 Å². The summed E-state index contributed by atoms with van der Waals surface area (Å²) in [6.07, 6.45) is 3.19. The summed E-state index contributed by atoms with van der Waals surface area (Å²) in [6, 6.07) is -0.232.